The van der Waals surface area contributed by atoms with E-state index in [-0.39, 0.29) is 29.1 Å². The average Bonchev–Trinajstić information content (AvgIpc) is 3.15. The number of para-hydroxylation sites is 1. The van der Waals surface area contributed by atoms with Crippen LogP contribution in [0.3, 0.4) is 0 Å². The van der Waals surface area contributed by atoms with E-state index in [0.717, 1.165) is 5.56 Å². The summed E-state index contributed by atoms with van der Waals surface area (Å²) >= 11 is 0. The molecule has 0 unspecified atom stereocenters. The molecule has 0 aliphatic heterocycles. The van der Waals surface area contributed by atoms with E-state index in [9.17, 15) is 14.9 Å². The third-order valence-corrected chi connectivity index (χ3v) is 4.52. The van der Waals surface area contributed by atoms with Gasteiger partial charge in [-0.3, -0.25) is 14.9 Å². The van der Waals surface area contributed by atoms with Gasteiger partial charge in [0.25, 0.3) is 11.6 Å². The van der Waals surface area contributed by atoms with Crippen molar-refractivity contribution in [1.82, 2.24) is 15.1 Å². The Kier molecular flexibility index (Phi) is 5.45. The summed E-state index contributed by atoms with van der Waals surface area (Å²) in [5.41, 5.74) is 1.79. The van der Waals surface area contributed by atoms with Crippen molar-refractivity contribution in [3.63, 3.8) is 0 Å². The van der Waals surface area contributed by atoms with Crippen LogP contribution in [0.15, 0.2) is 52.9 Å². The molecule has 0 bridgehead atoms. The maximum Gasteiger partial charge on any atom is 0.282 e. The lowest BCUT2D eigenvalue weighted by atomic mass is 9.87. The Bertz CT molecular complexity index is 1040. The molecule has 150 valence electrons. The minimum Gasteiger partial charge on any atom is -0.419 e. The van der Waals surface area contributed by atoms with Crippen LogP contribution >= 0.6 is 0 Å². The lowest BCUT2D eigenvalue weighted by Crippen LogP contribution is -2.27. The molecule has 0 saturated carbocycles. The molecule has 0 aliphatic rings. The standard InChI is InChI=1S/C21H22N4O4/c1-21(2,3)15-11-9-14(10-12-15)19-23-22-18(29-19)13-24(4)20(26)16-7-5-6-8-17(16)25(27)28/h5-12H,13H2,1-4H3. The summed E-state index contributed by atoms with van der Waals surface area (Å²) in [6.45, 7) is 6.45. The van der Waals surface area contributed by atoms with Crippen LogP contribution in [0.2, 0.25) is 0 Å². The van der Waals surface area contributed by atoms with Crippen molar-refractivity contribution in [3.05, 3.63) is 75.7 Å². The predicted octanol–water partition coefficient (Wildman–Crippen LogP) is 4.21. The van der Waals surface area contributed by atoms with Crippen LogP contribution < -0.4 is 0 Å². The first-order chi connectivity index (χ1) is 13.7. The van der Waals surface area contributed by atoms with Gasteiger partial charge in [-0.15, -0.1) is 10.2 Å². The fourth-order valence-electron chi connectivity index (χ4n) is 2.84. The van der Waals surface area contributed by atoms with E-state index >= 15 is 0 Å². The lowest BCUT2D eigenvalue weighted by Gasteiger charge is -2.18. The third-order valence-electron chi connectivity index (χ3n) is 4.52. The molecule has 0 fully saturated rings. The number of hydrogen-bond donors (Lipinski definition) is 0. The quantitative estimate of drug-likeness (QED) is 0.474. The number of nitro groups is 1. The number of aromatic nitrogens is 2. The Morgan fingerprint density at radius 3 is 2.38 bits per heavy atom. The highest BCUT2D eigenvalue weighted by molar-refractivity contribution is 5.97. The topological polar surface area (TPSA) is 102 Å². The van der Waals surface area contributed by atoms with Gasteiger partial charge in [0, 0.05) is 18.7 Å². The number of hydrogen-bond acceptors (Lipinski definition) is 6. The van der Waals surface area contributed by atoms with E-state index < -0.39 is 10.8 Å². The predicted molar refractivity (Wildman–Crippen MR) is 107 cm³/mol. The highest BCUT2D eigenvalue weighted by atomic mass is 16.6. The Labute approximate surface area is 168 Å². The van der Waals surface area contributed by atoms with Gasteiger partial charge in [0.15, 0.2) is 0 Å². The van der Waals surface area contributed by atoms with Crippen LogP contribution in [0.5, 0.6) is 0 Å². The van der Waals surface area contributed by atoms with Crippen molar-refractivity contribution in [1.29, 1.82) is 0 Å². The van der Waals surface area contributed by atoms with Gasteiger partial charge < -0.3 is 9.32 Å². The zero-order valence-electron chi connectivity index (χ0n) is 16.7. The molecule has 0 spiro atoms. The molecule has 1 amide bonds. The Morgan fingerprint density at radius 2 is 1.76 bits per heavy atom. The minimum atomic E-state index is -0.576. The molecule has 1 aromatic heterocycles. The summed E-state index contributed by atoms with van der Waals surface area (Å²) in [6.07, 6.45) is 0. The maximum atomic E-state index is 12.6. The first-order valence-electron chi connectivity index (χ1n) is 9.09. The Balaban J connectivity index is 1.75. The van der Waals surface area contributed by atoms with Crippen LogP contribution in [-0.2, 0) is 12.0 Å². The summed E-state index contributed by atoms with van der Waals surface area (Å²) in [6, 6.07) is 13.7. The number of carbonyl (C=O) groups is 1. The Hall–Kier alpha value is -3.55. The van der Waals surface area contributed by atoms with Gasteiger partial charge in [0.1, 0.15) is 5.56 Å². The fraction of sp³-hybridized carbons (Fsp3) is 0.286. The molecule has 0 atom stereocenters. The Morgan fingerprint density at radius 1 is 1.10 bits per heavy atom. The van der Waals surface area contributed by atoms with Gasteiger partial charge in [-0.05, 0) is 29.2 Å². The summed E-state index contributed by atoms with van der Waals surface area (Å²) in [7, 11) is 1.53. The second-order valence-corrected chi connectivity index (χ2v) is 7.76. The van der Waals surface area contributed by atoms with Crippen molar-refractivity contribution in [2.24, 2.45) is 0 Å². The van der Waals surface area contributed by atoms with Gasteiger partial charge >= 0.3 is 0 Å². The molecule has 3 aromatic rings. The average molecular weight is 394 g/mol. The van der Waals surface area contributed by atoms with Crippen molar-refractivity contribution in [2.75, 3.05) is 7.05 Å². The molecule has 0 N–H and O–H groups in total. The molecule has 0 saturated heterocycles. The monoisotopic (exact) mass is 394 g/mol. The van der Waals surface area contributed by atoms with Crippen LogP contribution in [-0.4, -0.2) is 33.0 Å². The SMILES string of the molecule is CN(Cc1nnc(-c2ccc(C(C)(C)C)cc2)o1)C(=O)c1ccccc1[N+](=O)[O-]. The fourth-order valence-corrected chi connectivity index (χ4v) is 2.84. The molecule has 0 aliphatic carbocycles. The molecule has 0 radical (unpaired) electrons. The number of amides is 1. The number of carbonyl (C=O) groups excluding carboxylic acids is 1. The van der Waals surface area contributed by atoms with E-state index in [1.165, 1.54) is 35.7 Å². The second-order valence-electron chi connectivity index (χ2n) is 7.76. The molecule has 8 heteroatoms. The van der Waals surface area contributed by atoms with Crippen LogP contribution in [0.25, 0.3) is 11.5 Å². The van der Waals surface area contributed by atoms with Gasteiger partial charge in [0.2, 0.25) is 11.8 Å². The summed E-state index contributed by atoms with van der Waals surface area (Å²) in [5, 5.41) is 19.2. The first kappa shape index (κ1) is 20.2. The normalized spacial score (nSPS) is 11.3. The highest BCUT2D eigenvalue weighted by Crippen LogP contribution is 2.26. The van der Waals surface area contributed by atoms with E-state index in [2.05, 4.69) is 31.0 Å². The van der Waals surface area contributed by atoms with Crippen molar-refractivity contribution >= 4 is 11.6 Å². The van der Waals surface area contributed by atoms with Gasteiger partial charge in [-0.2, -0.15) is 0 Å². The highest BCUT2D eigenvalue weighted by Gasteiger charge is 2.23. The van der Waals surface area contributed by atoms with Crippen molar-refractivity contribution in [2.45, 2.75) is 32.7 Å². The van der Waals surface area contributed by atoms with Gasteiger partial charge in [-0.25, -0.2) is 0 Å². The summed E-state index contributed by atoms with van der Waals surface area (Å²) in [4.78, 5) is 24.5. The number of rotatable bonds is 5. The number of benzene rings is 2. The molecule has 3 rings (SSSR count). The third kappa shape index (κ3) is 4.48. The van der Waals surface area contributed by atoms with Crippen LogP contribution in [0.4, 0.5) is 5.69 Å². The van der Waals surface area contributed by atoms with Crippen LogP contribution in [0.1, 0.15) is 42.6 Å². The van der Waals surface area contributed by atoms with Gasteiger partial charge in [0.05, 0.1) is 11.5 Å². The van der Waals surface area contributed by atoms with E-state index in [4.69, 9.17) is 4.42 Å². The number of nitro benzene ring substituents is 1. The largest absolute Gasteiger partial charge is 0.419 e. The van der Waals surface area contributed by atoms with Gasteiger partial charge in [-0.1, -0.05) is 45.0 Å². The lowest BCUT2D eigenvalue weighted by molar-refractivity contribution is -0.385. The molecule has 1 heterocycles. The second kappa shape index (κ2) is 7.83. The minimum absolute atomic E-state index is 0.0116. The zero-order chi connectivity index (χ0) is 21.2. The van der Waals surface area contributed by atoms with Crippen molar-refractivity contribution in [3.8, 4) is 11.5 Å². The molecular formula is C21H22N4O4. The molecule has 8 nitrogen and oxygen atoms in total. The number of nitrogens with zero attached hydrogens (tertiary/aromatic N) is 4. The van der Waals surface area contributed by atoms with E-state index in [0.29, 0.717) is 5.89 Å². The van der Waals surface area contributed by atoms with Crippen molar-refractivity contribution < 1.29 is 14.1 Å². The zero-order valence-corrected chi connectivity index (χ0v) is 16.7. The summed E-state index contributed by atoms with van der Waals surface area (Å²) < 4.78 is 5.68. The molecule has 29 heavy (non-hydrogen) atoms. The summed E-state index contributed by atoms with van der Waals surface area (Å²) in [5.74, 6) is 0.105. The molecule has 2 aromatic carbocycles. The van der Waals surface area contributed by atoms with E-state index in [1.54, 1.807) is 6.07 Å². The van der Waals surface area contributed by atoms with E-state index in [1.807, 2.05) is 24.3 Å². The van der Waals surface area contributed by atoms with Crippen LogP contribution in [0, 0.1) is 10.1 Å². The first-order valence-corrected chi connectivity index (χ1v) is 9.09. The maximum absolute atomic E-state index is 12.6. The smallest absolute Gasteiger partial charge is 0.282 e. The molecular weight excluding hydrogens is 372 g/mol.